The zero-order chi connectivity index (χ0) is 14.4. The Kier molecular flexibility index (Phi) is 4.95. The molecule has 0 spiro atoms. The Hall–Kier alpha value is -2.08. The van der Waals surface area contributed by atoms with Crippen LogP contribution in [0.15, 0.2) is 30.3 Å². The summed E-state index contributed by atoms with van der Waals surface area (Å²) in [6, 6.07) is 8.33. The van der Waals surface area contributed by atoms with Crippen molar-refractivity contribution in [2.45, 2.75) is 19.1 Å². The van der Waals surface area contributed by atoms with Gasteiger partial charge in [0.1, 0.15) is 12.6 Å². The smallest absolute Gasteiger partial charge is 0.408 e. The standard InChI is InChI=1S/C14H18N2O4/c17-13(18)12(11-6-7-15-8-11)16-14(19)20-9-10-4-2-1-3-5-10/h1-5,11-12,15H,6-9H2,(H,16,19)(H,17,18)/t11-,12-/m1/s1. The van der Waals surface area contributed by atoms with Gasteiger partial charge in [-0.3, -0.25) is 0 Å². The van der Waals surface area contributed by atoms with Crippen molar-refractivity contribution >= 4 is 12.1 Å². The number of hydrogen-bond acceptors (Lipinski definition) is 4. The Morgan fingerprint density at radius 1 is 1.40 bits per heavy atom. The molecule has 2 rings (SSSR count). The number of alkyl carbamates (subject to hydrolysis) is 1. The number of nitrogens with one attached hydrogen (secondary N) is 2. The molecule has 0 aromatic heterocycles. The van der Waals surface area contributed by atoms with Gasteiger partial charge in [-0.25, -0.2) is 9.59 Å². The fourth-order valence-electron chi connectivity index (χ4n) is 2.23. The molecule has 6 heteroatoms. The third kappa shape index (κ3) is 3.96. The largest absolute Gasteiger partial charge is 0.480 e. The minimum atomic E-state index is -1.03. The number of carboxylic acid groups (broad SMARTS) is 1. The molecule has 0 bridgehead atoms. The van der Waals surface area contributed by atoms with Gasteiger partial charge in [-0.1, -0.05) is 30.3 Å². The van der Waals surface area contributed by atoms with E-state index in [1.165, 1.54) is 0 Å². The number of rotatable bonds is 5. The number of carbonyl (C=O) groups excluding carboxylic acids is 1. The van der Waals surface area contributed by atoms with E-state index in [4.69, 9.17) is 9.84 Å². The van der Waals surface area contributed by atoms with Crippen LogP contribution >= 0.6 is 0 Å². The highest BCUT2D eigenvalue weighted by molar-refractivity contribution is 5.80. The van der Waals surface area contributed by atoms with E-state index < -0.39 is 18.1 Å². The summed E-state index contributed by atoms with van der Waals surface area (Å²) in [7, 11) is 0. The van der Waals surface area contributed by atoms with Gasteiger partial charge in [0, 0.05) is 12.5 Å². The molecule has 1 amide bonds. The van der Waals surface area contributed by atoms with Crippen LogP contribution < -0.4 is 10.6 Å². The number of hydrogen-bond donors (Lipinski definition) is 3. The summed E-state index contributed by atoms with van der Waals surface area (Å²) in [5.41, 5.74) is 0.858. The maximum atomic E-state index is 11.7. The lowest BCUT2D eigenvalue weighted by molar-refractivity contribution is -0.140. The van der Waals surface area contributed by atoms with Crippen LogP contribution in [-0.2, 0) is 16.1 Å². The Morgan fingerprint density at radius 2 is 2.15 bits per heavy atom. The maximum Gasteiger partial charge on any atom is 0.408 e. The molecule has 1 aliphatic rings. The number of benzene rings is 1. The van der Waals surface area contributed by atoms with Crippen LogP contribution in [0.3, 0.4) is 0 Å². The zero-order valence-corrected chi connectivity index (χ0v) is 11.0. The maximum absolute atomic E-state index is 11.7. The molecule has 1 aromatic rings. The second-order valence-electron chi connectivity index (χ2n) is 4.77. The summed E-state index contributed by atoms with van der Waals surface area (Å²) < 4.78 is 5.03. The molecular formula is C14H18N2O4. The van der Waals surface area contributed by atoms with Crippen LogP contribution in [0.5, 0.6) is 0 Å². The first-order chi connectivity index (χ1) is 9.66. The van der Waals surface area contributed by atoms with Gasteiger partial charge >= 0.3 is 12.1 Å². The van der Waals surface area contributed by atoms with Crippen molar-refractivity contribution in [3.05, 3.63) is 35.9 Å². The molecule has 108 valence electrons. The number of carbonyl (C=O) groups is 2. The molecule has 6 nitrogen and oxygen atoms in total. The third-order valence-electron chi connectivity index (χ3n) is 3.32. The van der Waals surface area contributed by atoms with E-state index in [0.29, 0.717) is 6.54 Å². The molecule has 1 aromatic carbocycles. The summed E-state index contributed by atoms with van der Waals surface area (Å²) in [6.07, 6.45) is 0.0313. The molecule has 1 aliphatic heterocycles. The summed E-state index contributed by atoms with van der Waals surface area (Å²) >= 11 is 0. The first-order valence-corrected chi connectivity index (χ1v) is 6.57. The SMILES string of the molecule is O=C(N[C@@H](C(=O)O)[C@@H]1CCNC1)OCc1ccccc1. The second-order valence-corrected chi connectivity index (χ2v) is 4.77. The Bertz CT molecular complexity index is 458. The molecule has 0 aliphatic carbocycles. The molecule has 0 saturated carbocycles. The van der Waals surface area contributed by atoms with E-state index in [1.54, 1.807) is 0 Å². The van der Waals surface area contributed by atoms with E-state index in [2.05, 4.69) is 10.6 Å². The molecule has 20 heavy (non-hydrogen) atoms. The van der Waals surface area contributed by atoms with Gasteiger partial charge in [0.15, 0.2) is 0 Å². The lowest BCUT2D eigenvalue weighted by Crippen LogP contribution is -2.46. The van der Waals surface area contributed by atoms with E-state index in [1.807, 2.05) is 30.3 Å². The van der Waals surface area contributed by atoms with Crippen LogP contribution in [-0.4, -0.2) is 36.3 Å². The van der Waals surface area contributed by atoms with Gasteiger partial charge < -0.3 is 20.5 Å². The van der Waals surface area contributed by atoms with E-state index >= 15 is 0 Å². The van der Waals surface area contributed by atoms with Crippen molar-refractivity contribution < 1.29 is 19.4 Å². The number of ether oxygens (including phenoxy) is 1. The molecule has 1 fully saturated rings. The minimum Gasteiger partial charge on any atom is -0.480 e. The van der Waals surface area contributed by atoms with Crippen molar-refractivity contribution in [1.29, 1.82) is 0 Å². The second kappa shape index (κ2) is 6.91. The molecular weight excluding hydrogens is 260 g/mol. The molecule has 3 N–H and O–H groups in total. The van der Waals surface area contributed by atoms with Crippen LogP contribution in [0.25, 0.3) is 0 Å². The van der Waals surface area contributed by atoms with Crippen molar-refractivity contribution in [3.63, 3.8) is 0 Å². The van der Waals surface area contributed by atoms with Crippen molar-refractivity contribution in [1.82, 2.24) is 10.6 Å². The summed E-state index contributed by atoms with van der Waals surface area (Å²) in [4.78, 5) is 22.9. The quantitative estimate of drug-likeness (QED) is 0.747. The van der Waals surface area contributed by atoms with E-state index in [-0.39, 0.29) is 12.5 Å². The van der Waals surface area contributed by atoms with Crippen LogP contribution in [0.4, 0.5) is 4.79 Å². The van der Waals surface area contributed by atoms with Gasteiger partial charge in [-0.2, -0.15) is 0 Å². The first-order valence-electron chi connectivity index (χ1n) is 6.57. The highest BCUT2D eigenvalue weighted by Crippen LogP contribution is 2.13. The molecule has 0 radical (unpaired) electrons. The predicted molar refractivity (Wildman–Crippen MR) is 72.2 cm³/mol. The first kappa shape index (κ1) is 14.3. The summed E-state index contributed by atoms with van der Waals surface area (Å²) in [6.45, 7) is 1.49. The molecule has 1 heterocycles. The minimum absolute atomic E-state index is 0.100. The van der Waals surface area contributed by atoms with Crippen LogP contribution in [0.1, 0.15) is 12.0 Å². The average molecular weight is 278 g/mol. The number of amides is 1. The van der Waals surface area contributed by atoms with Gasteiger partial charge in [0.05, 0.1) is 0 Å². The zero-order valence-electron chi connectivity index (χ0n) is 11.0. The normalized spacial score (nSPS) is 19.3. The van der Waals surface area contributed by atoms with Crippen LogP contribution in [0, 0.1) is 5.92 Å². The fourth-order valence-corrected chi connectivity index (χ4v) is 2.23. The Morgan fingerprint density at radius 3 is 2.75 bits per heavy atom. The molecule has 1 saturated heterocycles. The van der Waals surface area contributed by atoms with Gasteiger partial charge in [0.25, 0.3) is 0 Å². The lowest BCUT2D eigenvalue weighted by atomic mass is 9.99. The van der Waals surface area contributed by atoms with Crippen molar-refractivity contribution in [2.24, 2.45) is 5.92 Å². The van der Waals surface area contributed by atoms with Gasteiger partial charge in [0.2, 0.25) is 0 Å². The third-order valence-corrected chi connectivity index (χ3v) is 3.32. The number of carboxylic acids is 1. The van der Waals surface area contributed by atoms with Crippen molar-refractivity contribution in [2.75, 3.05) is 13.1 Å². The highest BCUT2D eigenvalue weighted by atomic mass is 16.5. The van der Waals surface area contributed by atoms with Crippen LogP contribution in [0.2, 0.25) is 0 Å². The average Bonchev–Trinajstić information content (AvgIpc) is 2.97. The highest BCUT2D eigenvalue weighted by Gasteiger charge is 2.32. The monoisotopic (exact) mass is 278 g/mol. The fraction of sp³-hybridized carbons (Fsp3) is 0.429. The van der Waals surface area contributed by atoms with Crippen molar-refractivity contribution in [3.8, 4) is 0 Å². The lowest BCUT2D eigenvalue weighted by Gasteiger charge is -2.19. The van der Waals surface area contributed by atoms with Gasteiger partial charge in [-0.15, -0.1) is 0 Å². The Labute approximate surface area is 117 Å². The Balaban J connectivity index is 1.84. The topological polar surface area (TPSA) is 87.7 Å². The molecule has 2 atom stereocenters. The predicted octanol–water partition coefficient (Wildman–Crippen LogP) is 0.975. The summed E-state index contributed by atoms with van der Waals surface area (Å²) in [5, 5.41) is 14.7. The van der Waals surface area contributed by atoms with E-state index in [0.717, 1.165) is 18.5 Å². The van der Waals surface area contributed by atoms with Gasteiger partial charge in [-0.05, 0) is 18.5 Å². The number of aliphatic carboxylic acids is 1. The summed E-state index contributed by atoms with van der Waals surface area (Å²) in [5.74, 6) is -1.13. The van der Waals surface area contributed by atoms with E-state index in [9.17, 15) is 9.59 Å². The molecule has 0 unspecified atom stereocenters.